The molecule has 0 radical (unpaired) electrons. The van der Waals surface area contributed by atoms with E-state index in [2.05, 4.69) is 15.0 Å². The van der Waals surface area contributed by atoms with Crippen LogP contribution in [0.25, 0.3) is 10.9 Å². The second-order valence-electron chi connectivity index (χ2n) is 6.34. The molecule has 4 rings (SSSR count). The number of aryl methyl sites for hydroxylation is 1. The summed E-state index contributed by atoms with van der Waals surface area (Å²) in [5.74, 6) is 1.28. The summed E-state index contributed by atoms with van der Waals surface area (Å²) in [7, 11) is 0. The number of nitrogens with zero attached hydrogens (tertiary/aromatic N) is 4. The van der Waals surface area contributed by atoms with Crippen molar-refractivity contribution in [1.29, 1.82) is 0 Å². The summed E-state index contributed by atoms with van der Waals surface area (Å²) in [6, 6.07) is 15.2. The van der Waals surface area contributed by atoms with Crippen LogP contribution < -0.4 is 4.90 Å². The number of para-hydroxylation sites is 1. The molecule has 0 aliphatic rings. The quantitative estimate of drug-likeness (QED) is 0.280. The molecule has 2 aromatic carbocycles. The molecule has 2 heterocycles. The third-order valence-electron chi connectivity index (χ3n) is 4.15. The molecule has 0 aliphatic heterocycles. The van der Waals surface area contributed by atoms with Crippen LogP contribution in [0, 0.1) is 6.92 Å². The maximum atomic E-state index is 12.3. The van der Waals surface area contributed by atoms with E-state index < -0.39 is 0 Å². The number of carbonyl (C=O) groups is 1. The van der Waals surface area contributed by atoms with E-state index in [1.54, 1.807) is 28.8 Å². The lowest BCUT2D eigenvalue weighted by Crippen LogP contribution is -2.22. The standard InChI is InChI=1S/C21H17ClN4OS2/c1-13-23-19-9-4-3-8-18(19)20(24-13)28-11-16-12-29-21(25-16)26(14(2)27)17-7-5-6-15(22)10-17/h3-10,12H,11H2,1-2H3. The highest BCUT2D eigenvalue weighted by molar-refractivity contribution is 7.98. The van der Waals surface area contributed by atoms with Gasteiger partial charge >= 0.3 is 0 Å². The van der Waals surface area contributed by atoms with Crippen LogP contribution in [0.2, 0.25) is 5.02 Å². The molecule has 146 valence electrons. The van der Waals surface area contributed by atoms with Crippen LogP contribution in [0.4, 0.5) is 10.8 Å². The smallest absolute Gasteiger partial charge is 0.230 e. The molecule has 2 aromatic heterocycles. The molecule has 0 saturated heterocycles. The first-order valence-electron chi connectivity index (χ1n) is 8.88. The summed E-state index contributed by atoms with van der Waals surface area (Å²) in [5.41, 5.74) is 2.53. The van der Waals surface area contributed by atoms with E-state index >= 15 is 0 Å². The van der Waals surface area contributed by atoms with Crippen molar-refractivity contribution in [3.63, 3.8) is 0 Å². The minimum atomic E-state index is -0.113. The molecule has 0 bridgehead atoms. The van der Waals surface area contributed by atoms with Gasteiger partial charge in [0, 0.05) is 28.5 Å². The molecule has 0 atom stereocenters. The van der Waals surface area contributed by atoms with Crippen LogP contribution in [0.1, 0.15) is 18.4 Å². The second-order valence-corrected chi connectivity index (χ2v) is 8.57. The van der Waals surface area contributed by atoms with Crippen LogP contribution in [0.5, 0.6) is 0 Å². The highest BCUT2D eigenvalue weighted by Gasteiger charge is 2.18. The van der Waals surface area contributed by atoms with Gasteiger partial charge in [-0.1, -0.05) is 47.6 Å². The van der Waals surface area contributed by atoms with Crippen molar-refractivity contribution in [3.8, 4) is 0 Å². The second kappa shape index (κ2) is 8.49. The molecular formula is C21H17ClN4OS2. The molecule has 0 saturated carbocycles. The number of thioether (sulfide) groups is 1. The van der Waals surface area contributed by atoms with Gasteiger partial charge in [-0.3, -0.25) is 9.69 Å². The van der Waals surface area contributed by atoms with Gasteiger partial charge in [-0.25, -0.2) is 15.0 Å². The van der Waals surface area contributed by atoms with Crippen LogP contribution in [-0.2, 0) is 10.5 Å². The highest BCUT2D eigenvalue weighted by Crippen LogP contribution is 2.33. The average Bonchev–Trinajstić information content (AvgIpc) is 3.14. The summed E-state index contributed by atoms with van der Waals surface area (Å²) in [6.45, 7) is 3.42. The molecule has 0 spiro atoms. The largest absolute Gasteiger partial charge is 0.274 e. The van der Waals surface area contributed by atoms with Gasteiger partial charge in [0.05, 0.1) is 16.9 Å². The van der Waals surface area contributed by atoms with Crippen molar-refractivity contribution < 1.29 is 4.79 Å². The highest BCUT2D eigenvalue weighted by atomic mass is 35.5. The lowest BCUT2D eigenvalue weighted by molar-refractivity contribution is -0.115. The van der Waals surface area contributed by atoms with Crippen LogP contribution in [-0.4, -0.2) is 20.9 Å². The number of hydrogen-bond acceptors (Lipinski definition) is 6. The minimum Gasteiger partial charge on any atom is -0.274 e. The number of hydrogen-bond donors (Lipinski definition) is 0. The number of halogens is 1. The van der Waals surface area contributed by atoms with E-state index in [1.165, 1.54) is 18.3 Å². The summed E-state index contributed by atoms with van der Waals surface area (Å²) < 4.78 is 0. The average molecular weight is 441 g/mol. The third kappa shape index (κ3) is 4.42. The number of fused-ring (bicyclic) bond motifs is 1. The fourth-order valence-corrected chi connectivity index (χ4v) is 5.05. The Kier molecular flexibility index (Phi) is 5.80. The van der Waals surface area contributed by atoms with Crippen molar-refractivity contribution in [3.05, 3.63) is 70.5 Å². The zero-order chi connectivity index (χ0) is 20.4. The summed E-state index contributed by atoms with van der Waals surface area (Å²) in [6.07, 6.45) is 0. The molecular weight excluding hydrogens is 424 g/mol. The van der Waals surface area contributed by atoms with Crippen LogP contribution >= 0.6 is 34.7 Å². The summed E-state index contributed by atoms with van der Waals surface area (Å²) in [5, 5.41) is 5.13. The number of carbonyl (C=O) groups excluding carboxylic acids is 1. The van der Waals surface area contributed by atoms with E-state index in [4.69, 9.17) is 11.6 Å². The number of amides is 1. The molecule has 0 fully saturated rings. The predicted molar refractivity (Wildman–Crippen MR) is 120 cm³/mol. The Bertz CT molecular complexity index is 1190. The van der Waals surface area contributed by atoms with Gasteiger partial charge in [0.15, 0.2) is 5.13 Å². The molecule has 0 unspecified atom stereocenters. The first kappa shape index (κ1) is 19.8. The Morgan fingerprint density at radius 1 is 1.14 bits per heavy atom. The summed E-state index contributed by atoms with van der Waals surface area (Å²) >= 11 is 9.14. The minimum absolute atomic E-state index is 0.113. The Hall–Kier alpha value is -2.48. The molecule has 5 nitrogen and oxygen atoms in total. The topological polar surface area (TPSA) is 59.0 Å². The van der Waals surface area contributed by atoms with Crippen molar-refractivity contribution in [2.75, 3.05) is 4.90 Å². The number of anilines is 2. The van der Waals surface area contributed by atoms with Gasteiger partial charge < -0.3 is 0 Å². The lowest BCUT2D eigenvalue weighted by atomic mass is 10.2. The maximum Gasteiger partial charge on any atom is 0.230 e. The number of thiazole rings is 1. The Labute approximate surface area is 181 Å². The fourth-order valence-electron chi connectivity index (χ4n) is 2.92. The fraction of sp³-hybridized carbons (Fsp3) is 0.143. The van der Waals surface area contributed by atoms with Crippen LogP contribution in [0.15, 0.2) is 58.9 Å². The predicted octanol–water partition coefficient (Wildman–Crippen LogP) is 6.03. The molecule has 0 aliphatic carbocycles. The van der Waals surface area contributed by atoms with Crippen molar-refractivity contribution in [2.45, 2.75) is 24.6 Å². The van der Waals surface area contributed by atoms with Gasteiger partial charge in [0.2, 0.25) is 5.91 Å². The van der Waals surface area contributed by atoms with Crippen molar-refractivity contribution in [1.82, 2.24) is 15.0 Å². The molecule has 0 N–H and O–H groups in total. The van der Waals surface area contributed by atoms with Crippen LogP contribution in [0.3, 0.4) is 0 Å². The first-order valence-corrected chi connectivity index (χ1v) is 11.1. The molecule has 1 amide bonds. The van der Waals surface area contributed by atoms with Gasteiger partial charge in [0.25, 0.3) is 0 Å². The van der Waals surface area contributed by atoms with Crippen molar-refractivity contribution >= 4 is 62.3 Å². The third-order valence-corrected chi connectivity index (χ3v) is 6.28. The number of rotatable bonds is 5. The summed E-state index contributed by atoms with van der Waals surface area (Å²) in [4.78, 5) is 27.6. The number of benzene rings is 2. The zero-order valence-corrected chi connectivity index (χ0v) is 18.2. The SMILES string of the molecule is CC(=O)N(c1cccc(Cl)c1)c1nc(CSc2nc(C)nc3ccccc23)cs1. The van der Waals surface area contributed by atoms with E-state index in [0.717, 1.165) is 27.4 Å². The zero-order valence-electron chi connectivity index (χ0n) is 15.8. The maximum absolute atomic E-state index is 12.3. The van der Waals surface area contributed by atoms with Crippen molar-refractivity contribution in [2.24, 2.45) is 0 Å². The van der Waals surface area contributed by atoms with Gasteiger partial charge in [-0.15, -0.1) is 11.3 Å². The number of aromatic nitrogens is 3. The Morgan fingerprint density at radius 3 is 2.76 bits per heavy atom. The van der Waals surface area contributed by atoms with Gasteiger partial charge in [0.1, 0.15) is 10.9 Å². The first-order chi connectivity index (χ1) is 14.0. The lowest BCUT2D eigenvalue weighted by Gasteiger charge is -2.18. The molecule has 29 heavy (non-hydrogen) atoms. The van der Waals surface area contributed by atoms with E-state index in [0.29, 0.717) is 21.6 Å². The van der Waals surface area contributed by atoms with E-state index in [9.17, 15) is 4.79 Å². The molecule has 4 aromatic rings. The van der Waals surface area contributed by atoms with Gasteiger partial charge in [-0.2, -0.15) is 0 Å². The molecule has 8 heteroatoms. The Balaban J connectivity index is 1.57. The normalized spacial score (nSPS) is 11.0. The van der Waals surface area contributed by atoms with Gasteiger partial charge in [-0.05, 0) is 31.2 Å². The monoisotopic (exact) mass is 440 g/mol. The van der Waals surface area contributed by atoms with E-state index in [-0.39, 0.29) is 5.91 Å². The Morgan fingerprint density at radius 2 is 1.97 bits per heavy atom. The van der Waals surface area contributed by atoms with E-state index in [1.807, 2.05) is 48.7 Å².